The lowest BCUT2D eigenvalue weighted by atomic mass is 10.0. The van der Waals surface area contributed by atoms with Crippen LogP contribution in [0.2, 0.25) is 0 Å². The second-order valence-electron chi connectivity index (χ2n) is 4.62. The summed E-state index contributed by atoms with van der Waals surface area (Å²) in [6.07, 6.45) is 5.29. The van der Waals surface area contributed by atoms with Gasteiger partial charge in [0.2, 0.25) is 0 Å². The van der Waals surface area contributed by atoms with Crippen molar-refractivity contribution in [2.75, 3.05) is 33.1 Å². The first-order valence-corrected chi connectivity index (χ1v) is 6.18. The average molecular weight is 233 g/mol. The van der Waals surface area contributed by atoms with Gasteiger partial charge in [-0.1, -0.05) is 26.0 Å². The molecule has 0 aliphatic rings. The molecule has 0 saturated carbocycles. The van der Waals surface area contributed by atoms with E-state index in [0.29, 0.717) is 11.9 Å². The molecule has 0 aromatic heterocycles. The molecule has 90 valence electrons. The molecule has 0 radical (unpaired) electrons. The molecule has 0 aliphatic carbocycles. The van der Waals surface area contributed by atoms with Crippen LogP contribution in [0.4, 0.5) is 0 Å². The second-order valence-corrected chi connectivity index (χ2v) is 4.93. The molecule has 15 heavy (non-hydrogen) atoms. The number of hydrogen-bond donors (Lipinski definition) is 1. The molecule has 0 aromatic carbocycles. The molecule has 2 nitrogen and oxygen atoms in total. The summed E-state index contributed by atoms with van der Waals surface area (Å²) in [7, 11) is 4.23. The number of hydrogen-bond acceptors (Lipinski definition) is 2. The van der Waals surface area contributed by atoms with Crippen molar-refractivity contribution >= 4 is 11.6 Å². The topological polar surface area (TPSA) is 15.3 Å². The number of alkyl halides is 1. The Morgan fingerprint density at radius 1 is 1.27 bits per heavy atom. The number of halogens is 1. The van der Waals surface area contributed by atoms with Crippen LogP contribution in [0.25, 0.3) is 0 Å². The minimum atomic E-state index is 0.569. The van der Waals surface area contributed by atoms with Crippen molar-refractivity contribution in [3.8, 4) is 0 Å². The van der Waals surface area contributed by atoms with E-state index in [9.17, 15) is 0 Å². The van der Waals surface area contributed by atoms with Gasteiger partial charge in [-0.3, -0.25) is 0 Å². The van der Waals surface area contributed by atoms with Gasteiger partial charge in [0, 0.05) is 25.0 Å². The summed E-state index contributed by atoms with van der Waals surface area (Å²) in [6.45, 7) is 6.53. The van der Waals surface area contributed by atoms with Crippen LogP contribution in [-0.4, -0.2) is 44.0 Å². The van der Waals surface area contributed by atoms with E-state index in [1.54, 1.807) is 0 Å². The van der Waals surface area contributed by atoms with Crippen LogP contribution in [0, 0.1) is 5.92 Å². The summed E-state index contributed by atoms with van der Waals surface area (Å²) in [6, 6.07) is 0.569. The van der Waals surface area contributed by atoms with Crippen molar-refractivity contribution in [2.24, 2.45) is 5.92 Å². The van der Waals surface area contributed by atoms with Gasteiger partial charge in [0.15, 0.2) is 0 Å². The van der Waals surface area contributed by atoms with Crippen molar-refractivity contribution in [1.82, 2.24) is 10.2 Å². The third-order valence-corrected chi connectivity index (χ3v) is 2.30. The summed E-state index contributed by atoms with van der Waals surface area (Å²) in [5, 5.41) is 3.53. The Labute approximate surface area is 99.7 Å². The van der Waals surface area contributed by atoms with Gasteiger partial charge in [0.25, 0.3) is 0 Å². The Kier molecular flexibility index (Phi) is 9.17. The highest BCUT2D eigenvalue weighted by Crippen LogP contribution is 2.05. The third kappa shape index (κ3) is 10.2. The van der Waals surface area contributed by atoms with E-state index >= 15 is 0 Å². The predicted octanol–water partition coefficient (Wildman–Crippen LogP) is 2.35. The fraction of sp³-hybridized carbons (Fsp3) is 0.833. The first-order valence-electron chi connectivity index (χ1n) is 5.65. The zero-order chi connectivity index (χ0) is 11.7. The van der Waals surface area contributed by atoms with E-state index in [0.717, 1.165) is 19.0 Å². The van der Waals surface area contributed by atoms with Crippen molar-refractivity contribution in [3.63, 3.8) is 0 Å². The average Bonchev–Trinajstić information content (AvgIpc) is 2.10. The molecule has 3 heteroatoms. The van der Waals surface area contributed by atoms with Gasteiger partial charge in [-0.15, -0.1) is 11.6 Å². The predicted molar refractivity (Wildman–Crippen MR) is 69.7 cm³/mol. The Bertz CT molecular complexity index is 157. The first-order chi connectivity index (χ1) is 7.06. The molecule has 0 amide bonds. The Morgan fingerprint density at radius 3 is 2.40 bits per heavy atom. The van der Waals surface area contributed by atoms with Crippen LogP contribution >= 0.6 is 11.6 Å². The van der Waals surface area contributed by atoms with Gasteiger partial charge in [0.05, 0.1) is 0 Å². The lowest BCUT2D eigenvalue weighted by molar-refractivity contribution is 0.312. The summed E-state index contributed by atoms with van der Waals surface area (Å²) >= 11 is 5.56. The highest BCUT2D eigenvalue weighted by atomic mass is 35.5. The molecule has 1 atom stereocenters. The molecule has 0 fully saturated rings. The van der Waals surface area contributed by atoms with Crippen LogP contribution in [-0.2, 0) is 0 Å². The summed E-state index contributed by atoms with van der Waals surface area (Å²) in [5.74, 6) is 1.34. The van der Waals surface area contributed by atoms with Gasteiger partial charge in [-0.2, -0.15) is 0 Å². The molecule has 1 unspecified atom stereocenters. The summed E-state index contributed by atoms with van der Waals surface area (Å²) in [5.41, 5.74) is 0. The van der Waals surface area contributed by atoms with Crippen LogP contribution < -0.4 is 5.32 Å². The monoisotopic (exact) mass is 232 g/mol. The molecule has 0 spiro atoms. The van der Waals surface area contributed by atoms with Crippen LogP contribution in [0.3, 0.4) is 0 Å². The standard InChI is InChI=1S/C12H25ClN2/c1-11(2)9-12(10-15(3)4)14-8-6-5-7-13/h5-6,11-12,14H,7-10H2,1-4H3/b6-5+. The maximum Gasteiger partial charge on any atom is 0.0404 e. The van der Waals surface area contributed by atoms with Crippen LogP contribution in [0.5, 0.6) is 0 Å². The SMILES string of the molecule is CC(C)CC(CN(C)C)NC/C=C/CCl. The van der Waals surface area contributed by atoms with E-state index < -0.39 is 0 Å². The maximum atomic E-state index is 5.56. The zero-order valence-corrected chi connectivity index (χ0v) is 11.2. The Hall–Kier alpha value is -0.0500. The van der Waals surface area contributed by atoms with Crippen LogP contribution in [0.15, 0.2) is 12.2 Å². The molecule has 0 saturated heterocycles. The molecule has 0 heterocycles. The number of nitrogens with zero attached hydrogens (tertiary/aromatic N) is 1. The molecule has 0 rings (SSSR count). The molecule has 0 aromatic rings. The zero-order valence-electron chi connectivity index (χ0n) is 10.5. The lowest BCUT2D eigenvalue weighted by Crippen LogP contribution is -2.39. The van der Waals surface area contributed by atoms with Gasteiger partial charge in [0.1, 0.15) is 0 Å². The molecule has 1 N–H and O–H groups in total. The van der Waals surface area contributed by atoms with E-state index in [1.807, 2.05) is 6.08 Å². The number of likely N-dealkylation sites (N-methyl/N-ethyl adjacent to an activating group) is 1. The van der Waals surface area contributed by atoms with Crippen molar-refractivity contribution in [3.05, 3.63) is 12.2 Å². The van der Waals surface area contributed by atoms with E-state index in [-0.39, 0.29) is 0 Å². The molecule has 0 bridgehead atoms. The van der Waals surface area contributed by atoms with E-state index in [1.165, 1.54) is 6.42 Å². The van der Waals surface area contributed by atoms with Crippen LogP contribution in [0.1, 0.15) is 20.3 Å². The third-order valence-electron chi connectivity index (χ3n) is 2.12. The molecular formula is C12H25ClN2. The smallest absolute Gasteiger partial charge is 0.0404 e. The van der Waals surface area contributed by atoms with Gasteiger partial charge in [-0.25, -0.2) is 0 Å². The van der Waals surface area contributed by atoms with E-state index in [2.05, 4.69) is 44.2 Å². The molecular weight excluding hydrogens is 208 g/mol. The molecule has 0 aliphatic heterocycles. The minimum Gasteiger partial charge on any atom is -0.309 e. The van der Waals surface area contributed by atoms with Crippen molar-refractivity contribution in [2.45, 2.75) is 26.3 Å². The fourth-order valence-corrected chi connectivity index (χ4v) is 1.74. The second kappa shape index (κ2) is 9.20. The van der Waals surface area contributed by atoms with E-state index in [4.69, 9.17) is 11.6 Å². The van der Waals surface area contributed by atoms with Crippen molar-refractivity contribution < 1.29 is 0 Å². The number of rotatable bonds is 8. The fourth-order valence-electron chi connectivity index (χ4n) is 1.61. The quantitative estimate of drug-likeness (QED) is 0.511. The highest BCUT2D eigenvalue weighted by Gasteiger charge is 2.10. The normalized spacial score (nSPS) is 14.3. The lowest BCUT2D eigenvalue weighted by Gasteiger charge is -2.23. The Balaban J connectivity index is 3.84. The van der Waals surface area contributed by atoms with Crippen molar-refractivity contribution in [1.29, 1.82) is 0 Å². The first kappa shape index (κ1) is 14.9. The highest BCUT2D eigenvalue weighted by molar-refractivity contribution is 6.18. The maximum absolute atomic E-state index is 5.56. The van der Waals surface area contributed by atoms with Gasteiger partial charge < -0.3 is 10.2 Å². The van der Waals surface area contributed by atoms with Gasteiger partial charge in [-0.05, 0) is 26.4 Å². The Morgan fingerprint density at radius 2 is 1.93 bits per heavy atom. The number of allylic oxidation sites excluding steroid dienone is 1. The minimum absolute atomic E-state index is 0.569. The largest absolute Gasteiger partial charge is 0.309 e. The summed E-state index contributed by atoms with van der Waals surface area (Å²) in [4.78, 5) is 2.23. The summed E-state index contributed by atoms with van der Waals surface area (Å²) < 4.78 is 0. The van der Waals surface area contributed by atoms with Gasteiger partial charge >= 0.3 is 0 Å². The number of nitrogens with one attached hydrogen (secondary N) is 1.